The standard InChI is InChI=1S/C19H19N5O3/c1-13-22-15-3-2-14(10-17(15)27-13)11-18(25)23-6-8-24(9-7-23)19(26)16-12-20-4-5-21-16/h2-5,10,12H,6-9,11H2,1H3. The van der Waals surface area contributed by atoms with E-state index in [0.29, 0.717) is 49.8 Å². The molecule has 0 unspecified atom stereocenters. The second-order valence-corrected chi connectivity index (χ2v) is 6.48. The summed E-state index contributed by atoms with van der Waals surface area (Å²) >= 11 is 0. The van der Waals surface area contributed by atoms with Crippen LogP contribution in [0.15, 0.2) is 41.2 Å². The molecule has 0 atom stereocenters. The fraction of sp³-hybridized carbons (Fsp3) is 0.316. The molecule has 1 saturated heterocycles. The molecule has 27 heavy (non-hydrogen) atoms. The average molecular weight is 365 g/mol. The summed E-state index contributed by atoms with van der Waals surface area (Å²) < 4.78 is 5.53. The van der Waals surface area contributed by atoms with E-state index >= 15 is 0 Å². The zero-order chi connectivity index (χ0) is 18.8. The van der Waals surface area contributed by atoms with E-state index in [1.54, 1.807) is 16.7 Å². The zero-order valence-corrected chi connectivity index (χ0v) is 15.0. The zero-order valence-electron chi connectivity index (χ0n) is 15.0. The first-order valence-corrected chi connectivity index (χ1v) is 8.79. The van der Waals surface area contributed by atoms with Crippen molar-refractivity contribution in [1.82, 2.24) is 24.8 Å². The van der Waals surface area contributed by atoms with Crippen molar-refractivity contribution in [2.75, 3.05) is 26.2 Å². The van der Waals surface area contributed by atoms with E-state index in [-0.39, 0.29) is 11.8 Å². The highest BCUT2D eigenvalue weighted by molar-refractivity contribution is 5.92. The monoisotopic (exact) mass is 365 g/mol. The van der Waals surface area contributed by atoms with Gasteiger partial charge in [-0.15, -0.1) is 0 Å². The first kappa shape index (κ1) is 17.1. The lowest BCUT2D eigenvalue weighted by molar-refractivity contribution is -0.131. The lowest BCUT2D eigenvalue weighted by atomic mass is 10.1. The van der Waals surface area contributed by atoms with Crippen molar-refractivity contribution in [3.8, 4) is 0 Å². The number of benzene rings is 1. The highest BCUT2D eigenvalue weighted by atomic mass is 16.3. The molecule has 0 radical (unpaired) electrons. The van der Waals surface area contributed by atoms with Crippen LogP contribution >= 0.6 is 0 Å². The lowest BCUT2D eigenvalue weighted by Gasteiger charge is -2.34. The molecule has 3 aromatic rings. The Morgan fingerprint density at radius 1 is 1.11 bits per heavy atom. The van der Waals surface area contributed by atoms with Gasteiger partial charge in [-0.2, -0.15) is 0 Å². The Morgan fingerprint density at radius 3 is 2.63 bits per heavy atom. The smallest absolute Gasteiger partial charge is 0.274 e. The predicted octanol–water partition coefficient (Wildman–Crippen LogP) is 1.45. The van der Waals surface area contributed by atoms with Crippen LogP contribution in [0.3, 0.4) is 0 Å². The van der Waals surface area contributed by atoms with Crippen molar-refractivity contribution >= 4 is 22.9 Å². The Morgan fingerprint density at radius 2 is 1.89 bits per heavy atom. The van der Waals surface area contributed by atoms with Crippen LogP contribution in [-0.4, -0.2) is 62.7 Å². The van der Waals surface area contributed by atoms with E-state index in [0.717, 1.165) is 11.1 Å². The average Bonchev–Trinajstić information content (AvgIpc) is 3.07. The van der Waals surface area contributed by atoms with Crippen molar-refractivity contribution < 1.29 is 14.0 Å². The molecule has 0 spiro atoms. The number of oxazole rings is 1. The summed E-state index contributed by atoms with van der Waals surface area (Å²) in [6.45, 7) is 3.79. The quantitative estimate of drug-likeness (QED) is 0.698. The van der Waals surface area contributed by atoms with E-state index in [2.05, 4.69) is 15.0 Å². The first-order valence-electron chi connectivity index (χ1n) is 8.79. The Bertz CT molecular complexity index is 977. The number of nitrogens with zero attached hydrogens (tertiary/aromatic N) is 5. The second-order valence-electron chi connectivity index (χ2n) is 6.48. The van der Waals surface area contributed by atoms with Crippen LogP contribution in [0.25, 0.3) is 11.1 Å². The number of hydrogen-bond donors (Lipinski definition) is 0. The molecule has 1 aliphatic heterocycles. The molecule has 0 aliphatic carbocycles. The lowest BCUT2D eigenvalue weighted by Crippen LogP contribution is -2.51. The molecule has 1 aliphatic rings. The molecular weight excluding hydrogens is 346 g/mol. The maximum absolute atomic E-state index is 12.6. The molecule has 1 fully saturated rings. The molecule has 0 N–H and O–H groups in total. The molecule has 138 valence electrons. The van der Waals surface area contributed by atoms with Crippen LogP contribution < -0.4 is 0 Å². The summed E-state index contributed by atoms with van der Waals surface area (Å²) in [7, 11) is 0. The summed E-state index contributed by atoms with van der Waals surface area (Å²) in [4.78, 5) is 40.7. The van der Waals surface area contributed by atoms with Crippen LogP contribution in [0.1, 0.15) is 21.9 Å². The Labute approximate surface area is 155 Å². The van der Waals surface area contributed by atoms with Gasteiger partial charge in [0.1, 0.15) is 11.2 Å². The second kappa shape index (κ2) is 7.14. The molecule has 2 amide bonds. The molecule has 3 heterocycles. The van der Waals surface area contributed by atoms with E-state index in [9.17, 15) is 9.59 Å². The van der Waals surface area contributed by atoms with Crippen LogP contribution in [-0.2, 0) is 11.2 Å². The number of aromatic nitrogens is 3. The van der Waals surface area contributed by atoms with Gasteiger partial charge in [-0.1, -0.05) is 6.07 Å². The number of amides is 2. The summed E-state index contributed by atoms with van der Waals surface area (Å²) in [6, 6.07) is 5.63. The van der Waals surface area contributed by atoms with Crippen molar-refractivity contribution in [2.24, 2.45) is 0 Å². The molecule has 0 saturated carbocycles. The van der Waals surface area contributed by atoms with Crippen molar-refractivity contribution in [2.45, 2.75) is 13.3 Å². The van der Waals surface area contributed by atoms with Crippen LogP contribution in [0.2, 0.25) is 0 Å². The minimum Gasteiger partial charge on any atom is -0.441 e. The number of hydrogen-bond acceptors (Lipinski definition) is 6. The van der Waals surface area contributed by atoms with E-state index < -0.39 is 0 Å². The number of fused-ring (bicyclic) bond motifs is 1. The minimum absolute atomic E-state index is 0.0391. The van der Waals surface area contributed by atoms with Gasteiger partial charge in [0.2, 0.25) is 5.91 Å². The van der Waals surface area contributed by atoms with Gasteiger partial charge in [-0.05, 0) is 17.7 Å². The number of aryl methyl sites for hydroxylation is 1. The predicted molar refractivity (Wildman–Crippen MR) is 97.0 cm³/mol. The molecule has 4 rings (SSSR count). The SMILES string of the molecule is Cc1nc2ccc(CC(=O)N3CCN(C(=O)c4cnccn4)CC3)cc2o1. The van der Waals surface area contributed by atoms with Gasteiger partial charge in [0.15, 0.2) is 11.5 Å². The molecule has 2 aromatic heterocycles. The van der Waals surface area contributed by atoms with E-state index in [1.807, 2.05) is 18.2 Å². The third kappa shape index (κ3) is 3.64. The highest BCUT2D eigenvalue weighted by Gasteiger charge is 2.25. The van der Waals surface area contributed by atoms with Crippen molar-refractivity contribution in [3.05, 3.63) is 53.9 Å². The Balaban J connectivity index is 1.36. The summed E-state index contributed by atoms with van der Waals surface area (Å²) in [6.07, 6.45) is 4.79. The van der Waals surface area contributed by atoms with Gasteiger partial charge in [0, 0.05) is 45.5 Å². The van der Waals surface area contributed by atoms with Gasteiger partial charge < -0.3 is 14.2 Å². The highest BCUT2D eigenvalue weighted by Crippen LogP contribution is 2.18. The summed E-state index contributed by atoms with van der Waals surface area (Å²) in [5, 5.41) is 0. The van der Waals surface area contributed by atoms with Crippen LogP contribution in [0, 0.1) is 6.92 Å². The number of carbonyl (C=O) groups excluding carboxylic acids is 2. The van der Waals surface area contributed by atoms with E-state index in [1.165, 1.54) is 18.6 Å². The molecule has 8 heteroatoms. The van der Waals surface area contributed by atoms with Gasteiger partial charge in [0.25, 0.3) is 5.91 Å². The van der Waals surface area contributed by atoms with Crippen molar-refractivity contribution in [1.29, 1.82) is 0 Å². The maximum atomic E-state index is 12.6. The maximum Gasteiger partial charge on any atom is 0.274 e. The third-order valence-corrected chi connectivity index (χ3v) is 4.62. The normalized spacial score (nSPS) is 14.6. The molecular formula is C19H19N5O3. The minimum atomic E-state index is -0.152. The summed E-state index contributed by atoms with van der Waals surface area (Å²) in [5.74, 6) is 0.496. The topological polar surface area (TPSA) is 92.4 Å². The first-order chi connectivity index (χ1) is 13.1. The fourth-order valence-corrected chi connectivity index (χ4v) is 3.21. The largest absolute Gasteiger partial charge is 0.441 e. The molecule has 0 bridgehead atoms. The van der Waals surface area contributed by atoms with Crippen LogP contribution in [0.5, 0.6) is 0 Å². The van der Waals surface area contributed by atoms with Gasteiger partial charge in [0.05, 0.1) is 12.6 Å². The Hall–Kier alpha value is -3.29. The summed E-state index contributed by atoms with van der Waals surface area (Å²) in [5.41, 5.74) is 2.70. The van der Waals surface area contributed by atoms with Gasteiger partial charge in [-0.3, -0.25) is 14.6 Å². The number of carbonyl (C=O) groups is 2. The molecule has 8 nitrogen and oxygen atoms in total. The third-order valence-electron chi connectivity index (χ3n) is 4.62. The number of rotatable bonds is 3. The van der Waals surface area contributed by atoms with Gasteiger partial charge >= 0.3 is 0 Å². The van der Waals surface area contributed by atoms with Crippen molar-refractivity contribution in [3.63, 3.8) is 0 Å². The van der Waals surface area contributed by atoms with Crippen LogP contribution in [0.4, 0.5) is 0 Å². The number of piperazine rings is 1. The fourth-order valence-electron chi connectivity index (χ4n) is 3.21. The van der Waals surface area contributed by atoms with Gasteiger partial charge in [-0.25, -0.2) is 9.97 Å². The van der Waals surface area contributed by atoms with E-state index in [4.69, 9.17) is 4.42 Å². The Kier molecular flexibility index (Phi) is 4.53. The molecule has 1 aromatic carbocycles.